The Kier molecular flexibility index (Phi) is 7.63. The van der Waals surface area contributed by atoms with Crippen LogP contribution in [0.1, 0.15) is 66.7 Å². The number of anilines is 1. The summed E-state index contributed by atoms with van der Waals surface area (Å²) in [4.78, 5) is 27.7. The van der Waals surface area contributed by atoms with Crippen LogP contribution in [0, 0.1) is 18.3 Å². The summed E-state index contributed by atoms with van der Waals surface area (Å²) in [5, 5.41) is 16.5. The standard InChI is InChI=1S/C29H33N5O3/c1-20-6-5-7-24(18-20)34-26(22-13-16-33(17-14-22)28(36)37-29(2,3)4)25(19-31-34)27(35)32-23-10-8-21(9-11-23)12-15-30/h5-11,18-19,22H,12-14,16-17H2,1-4H3,(H,32,35). The van der Waals surface area contributed by atoms with Crippen molar-refractivity contribution in [1.82, 2.24) is 14.7 Å². The van der Waals surface area contributed by atoms with Crippen molar-refractivity contribution in [2.45, 2.75) is 58.5 Å². The molecule has 192 valence electrons. The van der Waals surface area contributed by atoms with Gasteiger partial charge in [-0.25, -0.2) is 9.48 Å². The van der Waals surface area contributed by atoms with E-state index in [2.05, 4.69) is 16.5 Å². The van der Waals surface area contributed by atoms with E-state index in [4.69, 9.17) is 10.00 Å². The Hall–Kier alpha value is -4.12. The SMILES string of the molecule is Cc1cccc(-n2ncc(C(=O)Nc3ccc(CC#N)cc3)c2C2CCN(C(=O)OC(C)(C)C)CC2)c1. The fourth-order valence-corrected chi connectivity index (χ4v) is 4.55. The average molecular weight is 500 g/mol. The summed E-state index contributed by atoms with van der Waals surface area (Å²) >= 11 is 0. The molecular weight excluding hydrogens is 466 g/mol. The minimum atomic E-state index is -0.546. The van der Waals surface area contributed by atoms with Crippen molar-refractivity contribution in [3.05, 3.63) is 77.1 Å². The normalized spacial score (nSPS) is 14.2. The van der Waals surface area contributed by atoms with Gasteiger partial charge in [-0.05, 0) is 75.9 Å². The Balaban J connectivity index is 1.59. The molecule has 0 unspecified atom stereocenters. The second kappa shape index (κ2) is 10.9. The van der Waals surface area contributed by atoms with Crippen LogP contribution in [-0.4, -0.2) is 45.4 Å². The summed E-state index contributed by atoms with van der Waals surface area (Å²) in [6, 6.07) is 17.4. The molecule has 0 spiro atoms. The van der Waals surface area contributed by atoms with Crippen LogP contribution in [0.15, 0.2) is 54.7 Å². The number of hydrogen-bond acceptors (Lipinski definition) is 5. The molecule has 0 radical (unpaired) electrons. The molecule has 8 heteroatoms. The van der Waals surface area contributed by atoms with Gasteiger partial charge < -0.3 is 15.0 Å². The maximum atomic E-state index is 13.4. The summed E-state index contributed by atoms with van der Waals surface area (Å²) < 4.78 is 7.40. The molecular formula is C29H33N5O3. The molecule has 1 saturated heterocycles. The number of aromatic nitrogens is 2. The van der Waals surface area contributed by atoms with E-state index < -0.39 is 5.60 Å². The quantitative estimate of drug-likeness (QED) is 0.492. The molecule has 0 bridgehead atoms. The molecule has 3 aromatic rings. The van der Waals surface area contributed by atoms with E-state index in [1.807, 2.05) is 68.8 Å². The zero-order chi connectivity index (χ0) is 26.6. The number of likely N-dealkylation sites (tertiary alicyclic amines) is 1. The molecule has 8 nitrogen and oxygen atoms in total. The fraction of sp³-hybridized carbons (Fsp3) is 0.379. The zero-order valence-electron chi connectivity index (χ0n) is 21.8. The molecule has 4 rings (SSSR count). The molecule has 0 atom stereocenters. The lowest BCUT2D eigenvalue weighted by molar-refractivity contribution is 0.0203. The lowest BCUT2D eigenvalue weighted by atomic mass is 9.90. The number of ether oxygens (including phenoxy) is 1. The number of piperidine rings is 1. The predicted octanol–water partition coefficient (Wildman–Crippen LogP) is 5.61. The van der Waals surface area contributed by atoms with Crippen LogP contribution in [0.5, 0.6) is 0 Å². The van der Waals surface area contributed by atoms with Gasteiger partial charge in [-0.1, -0.05) is 24.3 Å². The van der Waals surface area contributed by atoms with Gasteiger partial charge in [0.1, 0.15) is 5.60 Å². The maximum Gasteiger partial charge on any atom is 0.410 e. The number of amides is 2. The first kappa shape index (κ1) is 26.0. The number of rotatable bonds is 5. The molecule has 1 aromatic heterocycles. The fourth-order valence-electron chi connectivity index (χ4n) is 4.55. The van der Waals surface area contributed by atoms with E-state index >= 15 is 0 Å². The van der Waals surface area contributed by atoms with Crippen molar-refractivity contribution in [3.63, 3.8) is 0 Å². The molecule has 0 saturated carbocycles. The highest BCUT2D eigenvalue weighted by Gasteiger charge is 2.32. The Morgan fingerprint density at radius 2 is 1.84 bits per heavy atom. The third kappa shape index (κ3) is 6.36. The monoisotopic (exact) mass is 499 g/mol. The van der Waals surface area contributed by atoms with Crippen LogP contribution in [0.3, 0.4) is 0 Å². The lowest BCUT2D eigenvalue weighted by Gasteiger charge is -2.34. The van der Waals surface area contributed by atoms with E-state index in [1.165, 1.54) is 0 Å². The van der Waals surface area contributed by atoms with Crippen molar-refractivity contribution < 1.29 is 14.3 Å². The average Bonchev–Trinajstić information content (AvgIpc) is 3.30. The lowest BCUT2D eigenvalue weighted by Crippen LogP contribution is -2.41. The number of benzene rings is 2. The number of nitrogens with zero attached hydrogens (tertiary/aromatic N) is 4. The van der Waals surface area contributed by atoms with Gasteiger partial charge in [0.2, 0.25) is 0 Å². The number of nitriles is 1. The van der Waals surface area contributed by atoms with Gasteiger partial charge in [0.15, 0.2) is 0 Å². The maximum absolute atomic E-state index is 13.4. The van der Waals surface area contributed by atoms with E-state index in [0.29, 0.717) is 43.6 Å². The molecule has 1 aliphatic rings. The van der Waals surface area contributed by atoms with Gasteiger partial charge in [0.25, 0.3) is 5.91 Å². The first-order valence-electron chi connectivity index (χ1n) is 12.5. The summed E-state index contributed by atoms with van der Waals surface area (Å²) in [7, 11) is 0. The first-order valence-corrected chi connectivity index (χ1v) is 12.5. The van der Waals surface area contributed by atoms with Gasteiger partial charge in [0, 0.05) is 24.7 Å². The summed E-state index contributed by atoms with van der Waals surface area (Å²) in [5.41, 5.74) is 4.35. The molecule has 2 amide bonds. The Labute approximate surface area is 217 Å². The van der Waals surface area contributed by atoms with Crippen LogP contribution < -0.4 is 5.32 Å². The minimum Gasteiger partial charge on any atom is -0.444 e. The number of carbonyl (C=O) groups is 2. The van der Waals surface area contributed by atoms with Crippen molar-refractivity contribution >= 4 is 17.7 Å². The molecule has 1 N–H and O–H groups in total. The van der Waals surface area contributed by atoms with Gasteiger partial charge in [-0.3, -0.25) is 4.79 Å². The molecule has 1 aliphatic heterocycles. The van der Waals surface area contributed by atoms with Crippen molar-refractivity contribution in [2.24, 2.45) is 0 Å². The van der Waals surface area contributed by atoms with Gasteiger partial charge in [-0.2, -0.15) is 10.4 Å². The third-order valence-corrected chi connectivity index (χ3v) is 6.33. The highest BCUT2D eigenvalue weighted by atomic mass is 16.6. The van der Waals surface area contributed by atoms with Gasteiger partial charge in [-0.15, -0.1) is 0 Å². The Morgan fingerprint density at radius 1 is 1.14 bits per heavy atom. The van der Waals surface area contributed by atoms with Crippen LogP contribution in [0.4, 0.5) is 10.5 Å². The number of nitrogens with one attached hydrogen (secondary N) is 1. The largest absolute Gasteiger partial charge is 0.444 e. The van der Waals surface area contributed by atoms with Gasteiger partial charge >= 0.3 is 6.09 Å². The summed E-state index contributed by atoms with van der Waals surface area (Å²) in [6.07, 6.45) is 3.02. The summed E-state index contributed by atoms with van der Waals surface area (Å²) in [5.74, 6) is -0.197. The highest BCUT2D eigenvalue weighted by Crippen LogP contribution is 2.33. The first-order chi connectivity index (χ1) is 17.6. The van der Waals surface area contributed by atoms with Crippen molar-refractivity contribution in [3.8, 4) is 11.8 Å². The number of hydrogen-bond donors (Lipinski definition) is 1. The second-order valence-electron chi connectivity index (χ2n) is 10.4. The molecule has 0 aliphatic carbocycles. The zero-order valence-corrected chi connectivity index (χ0v) is 21.8. The molecule has 2 aromatic carbocycles. The molecule has 37 heavy (non-hydrogen) atoms. The van der Waals surface area contributed by atoms with E-state index in [-0.39, 0.29) is 17.9 Å². The Bertz CT molecular complexity index is 1310. The molecule has 1 fully saturated rings. The predicted molar refractivity (Wildman–Crippen MR) is 142 cm³/mol. The number of aryl methyl sites for hydroxylation is 1. The van der Waals surface area contributed by atoms with E-state index in [1.54, 1.807) is 23.2 Å². The second-order valence-corrected chi connectivity index (χ2v) is 10.4. The van der Waals surface area contributed by atoms with Crippen LogP contribution in [0.25, 0.3) is 5.69 Å². The number of carbonyl (C=O) groups excluding carboxylic acids is 2. The van der Waals surface area contributed by atoms with E-state index in [9.17, 15) is 9.59 Å². The van der Waals surface area contributed by atoms with Crippen LogP contribution >= 0.6 is 0 Å². The van der Waals surface area contributed by atoms with Crippen molar-refractivity contribution in [2.75, 3.05) is 18.4 Å². The van der Waals surface area contributed by atoms with Crippen LogP contribution in [-0.2, 0) is 11.2 Å². The van der Waals surface area contributed by atoms with E-state index in [0.717, 1.165) is 22.5 Å². The Morgan fingerprint density at radius 3 is 2.46 bits per heavy atom. The third-order valence-electron chi connectivity index (χ3n) is 6.33. The van der Waals surface area contributed by atoms with Crippen LogP contribution in [0.2, 0.25) is 0 Å². The smallest absolute Gasteiger partial charge is 0.410 e. The summed E-state index contributed by atoms with van der Waals surface area (Å²) in [6.45, 7) is 8.69. The molecule has 2 heterocycles. The van der Waals surface area contributed by atoms with Crippen molar-refractivity contribution in [1.29, 1.82) is 5.26 Å². The highest BCUT2D eigenvalue weighted by molar-refractivity contribution is 6.05. The van der Waals surface area contributed by atoms with Gasteiger partial charge in [0.05, 0.1) is 35.6 Å². The topological polar surface area (TPSA) is 100 Å². The minimum absolute atomic E-state index is 0.0421.